The van der Waals surface area contributed by atoms with Crippen molar-refractivity contribution in [2.45, 2.75) is 31.7 Å². The van der Waals surface area contributed by atoms with Gasteiger partial charge in [-0.15, -0.1) is 0 Å². The molecular formula is C16H24N2O2. The highest BCUT2D eigenvalue weighted by Gasteiger charge is 2.29. The molecule has 1 aliphatic heterocycles. The number of methoxy groups -OCH3 is 1. The quantitative estimate of drug-likeness (QED) is 0.917. The first-order valence-electron chi connectivity index (χ1n) is 7.12. The fourth-order valence-electron chi connectivity index (χ4n) is 2.93. The lowest BCUT2D eigenvalue weighted by Crippen LogP contribution is -2.47. The molecule has 20 heavy (non-hydrogen) atoms. The first kappa shape index (κ1) is 14.9. The Morgan fingerprint density at radius 3 is 2.75 bits per heavy atom. The Labute approximate surface area is 121 Å². The summed E-state index contributed by atoms with van der Waals surface area (Å²) in [6.45, 7) is 3.00. The summed E-state index contributed by atoms with van der Waals surface area (Å²) in [5.74, 6) is 1.50. The minimum atomic E-state index is -0.0646. The second-order valence-corrected chi connectivity index (χ2v) is 5.68. The maximum atomic E-state index is 12.1. The molecule has 2 atom stereocenters. The van der Waals surface area contributed by atoms with E-state index in [1.807, 2.05) is 20.2 Å². The summed E-state index contributed by atoms with van der Waals surface area (Å²) in [7, 11) is 5.31. The summed E-state index contributed by atoms with van der Waals surface area (Å²) < 4.78 is 5.26. The lowest BCUT2D eigenvalue weighted by molar-refractivity contribution is -0.131. The molecule has 1 aromatic carbocycles. The molecule has 1 saturated heterocycles. The van der Waals surface area contributed by atoms with Crippen LogP contribution in [0.2, 0.25) is 0 Å². The molecule has 4 heteroatoms. The zero-order valence-corrected chi connectivity index (χ0v) is 12.8. The third-order valence-corrected chi connectivity index (χ3v) is 4.06. The highest BCUT2D eigenvalue weighted by Crippen LogP contribution is 2.32. The molecule has 0 radical (unpaired) electrons. The molecule has 4 nitrogen and oxygen atoms in total. The van der Waals surface area contributed by atoms with Crippen molar-refractivity contribution >= 4 is 5.91 Å². The third-order valence-electron chi connectivity index (χ3n) is 4.06. The van der Waals surface area contributed by atoms with Gasteiger partial charge >= 0.3 is 0 Å². The number of hydrogen-bond acceptors (Lipinski definition) is 3. The zero-order chi connectivity index (χ0) is 14.7. The van der Waals surface area contributed by atoms with Crippen LogP contribution >= 0.6 is 0 Å². The Balaban J connectivity index is 2.14. The Kier molecular flexibility index (Phi) is 4.65. The summed E-state index contributed by atoms with van der Waals surface area (Å²) >= 11 is 0. The monoisotopic (exact) mass is 276 g/mol. The standard InChI is InChI=1S/C16H24N2O2/c1-11-9-13(20-4)5-6-14(11)12-7-8-17-15(10-12)16(19)18(2)3/h5-6,9,12,15,17H,7-8,10H2,1-4H3. The Hall–Kier alpha value is -1.55. The second kappa shape index (κ2) is 6.27. The van der Waals surface area contributed by atoms with Gasteiger partial charge in [-0.25, -0.2) is 0 Å². The number of carbonyl (C=O) groups is 1. The summed E-state index contributed by atoms with van der Waals surface area (Å²) in [5.41, 5.74) is 2.58. The minimum absolute atomic E-state index is 0.0646. The van der Waals surface area contributed by atoms with E-state index in [0.717, 1.165) is 25.1 Å². The van der Waals surface area contributed by atoms with Gasteiger partial charge in [-0.05, 0) is 55.5 Å². The molecule has 1 aromatic rings. The van der Waals surface area contributed by atoms with Gasteiger partial charge in [0, 0.05) is 14.1 Å². The van der Waals surface area contributed by atoms with Crippen molar-refractivity contribution in [1.82, 2.24) is 10.2 Å². The van der Waals surface area contributed by atoms with Gasteiger partial charge in [0.1, 0.15) is 5.75 Å². The maximum Gasteiger partial charge on any atom is 0.239 e. The van der Waals surface area contributed by atoms with Crippen LogP contribution < -0.4 is 10.1 Å². The van der Waals surface area contributed by atoms with E-state index in [9.17, 15) is 4.79 Å². The predicted octanol–water partition coefficient (Wildman–Crippen LogP) is 1.93. The SMILES string of the molecule is COc1ccc(C2CCNC(C(=O)N(C)C)C2)c(C)c1. The summed E-state index contributed by atoms with van der Waals surface area (Å²) in [6, 6.07) is 6.15. The van der Waals surface area contributed by atoms with E-state index < -0.39 is 0 Å². The van der Waals surface area contributed by atoms with Crippen molar-refractivity contribution in [2.24, 2.45) is 0 Å². The smallest absolute Gasteiger partial charge is 0.239 e. The molecular weight excluding hydrogens is 252 g/mol. The average Bonchev–Trinajstić information content (AvgIpc) is 2.46. The molecule has 2 unspecified atom stereocenters. The van der Waals surface area contributed by atoms with E-state index in [1.165, 1.54) is 11.1 Å². The van der Waals surface area contributed by atoms with Crippen molar-refractivity contribution in [3.8, 4) is 5.75 Å². The topological polar surface area (TPSA) is 41.6 Å². The normalized spacial score (nSPS) is 22.4. The predicted molar refractivity (Wildman–Crippen MR) is 80.2 cm³/mol. The van der Waals surface area contributed by atoms with E-state index in [4.69, 9.17) is 4.74 Å². The van der Waals surface area contributed by atoms with Gasteiger partial charge in [0.05, 0.1) is 13.2 Å². The van der Waals surface area contributed by atoms with Gasteiger partial charge in [0.25, 0.3) is 0 Å². The van der Waals surface area contributed by atoms with Crippen molar-refractivity contribution in [2.75, 3.05) is 27.7 Å². The number of nitrogens with one attached hydrogen (secondary N) is 1. The van der Waals surface area contributed by atoms with Gasteiger partial charge in [0.15, 0.2) is 0 Å². The minimum Gasteiger partial charge on any atom is -0.497 e. The van der Waals surface area contributed by atoms with Crippen molar-refractivity contribution < 1.29 is 9.53 Å². The van der Waals surface area contributed by atoms with Crippen molar-refractivity contribution in [3.63, 3.8) is 0 Å². The number of amides is 1. The fraction of sp³-hybridized carbons (Fsp3) is 0.562. The molecule has 1 N–H and O–H groups in total. The molecule has 2 rings (SSSR count). The van der Waals surface area contributed by atoms with Gasteiger partial charge in [-0.1, -0.05) is 6.07 Å². The maximum absolute atomic E-state index is 12.1. The van der Waals surface area contributed by atoms with Gasteiger partial charge in [-0.2, -0.15) is 0 Å². The molecule has 1 fully saturated rings. The molecule has 1 heterocycles. The number of hydrogen-bond donors (Lipinski definition) is 1. The first-order chi connectivity index (χ1) is 9.52. The van der Waals surface area contributed by atoms with Gasteiger partial charge < -0.3 is 15.0 Å². The van der Waals surface area contributed by atoms with Gasteiger partial charge in [-0.3, -0.25) is 4.79 Å². The lowest BCUT2D eigenvalue weighted by Gasteiger charge is -2.32. The van der Waals surface area contributed by atoms with Crippen LogP contribution in [-0.4, -0.2) is 44.6 Å². The first-order valence-corrected chi connectivity index (χ1v) is 7.12. The molecule has 1 amide bonds. The van der Waals surface area contributed by atoms with Crippen LogP contribution in [0.4, 0.5) is 0 Å². The van der Waals surface area contributed by atoms with Crippen molar-refractivity contribution in [1.29, 1.82) is 0 Å². The number of carbonyl (C=O) groups excluding carboxylic acids is 1. The lowest BCUT2D eigenvalue weighted by atomic mass is 9.84. The van der Waals surface area contributed by atoms with Gasteiger partial charge in [0.2, 0.25) is 5.91 Å². The van der Waals surface area contributed by atoms with Crippen LogP contribution in [0.5, 0.6) is 5.75 Å². The van der Waals surface area contributed by atoms with E-state index in [1.54, 1.807) is 12.0 Å². The van der Waals surface area contributed by atoms with Crippen LogP contribution in [-0.2, 0) is 4.79 Å². The number of ether oxygens (including phenoxy) is 1. The fourth-order valence-corrected chi connectivity index (χ4v) is 2.93. The van der Waals surface area contributed by atoms with Crippen LogP contribution in [0.1, 0.15) is 29.9 Å². The van der Waals surface area contributed by atoms with Crippen LogP contribution in [0.3, 0.4) is 0 Å². The van der Waals surface area contributed by atoms with E-state index >= 15 is 0 Å². The highest BCUT2D eigenvalue weighted by molar-refractivity contribution is 5.81. The summed E-state index contributed by atoms with van der Waals surface area (Å²) in [6.07, 6.45) is 1.94. The third kappa shape index (κ3) is 3.12. The molecule has 0 spiro atoms. The number of likely N-dealkylation sites (N-methyl/N-ethyl adjacent to an activating group) is 1. The number of rotatable bonds is 3. The zero-order valence-electron chi connectivity index (χ0n) is 12.8. The van der Waals surface area contributed by atoms with E-state index in [2.05, 4.69) is 24.4 Å². The second-order valence-electron chi connectivity index (χ2n) is 5.68. The highest BCUT2D eigenvalue weighted by atomic mass is 16.5. The number of aryl methyl sites for hydroxylation is 1. The number of piperidine rings is 1. The van der Waals surface area contributed by atoms with E-state index in [0.29, 0.717) is 5.92 Å². The van der Waals surface area contributed by atoms with E-state index in [-0.39, 0.29) is 11.9 Å². The van der Waals surface area contributed by atoms with Crippen LogP contribution in [0.25, 0.3) is 0 Å². The number of nitrogens with zero attached hydrogens (tertiary/aromatic N) is 1. The largest absolute Gasteiger partial charge is 0.497 e. The Bertz CT molecular complexity index is 485. The number of benzene rings is 1. The molecule has 1 aliphatic rings. The Morgan fingerprint density at radius 1 is 1.40 bits per heavy atom. The molecule has 0 bridgehead atoms. The molecule has 0 aliphatic carbocycles. The average molecular weight is 276 g/mol. The van der Waals surface area contributed by atoms with Crippen molar-refractivity contribution in [3.05, 3.63) is 29.3 Å². The Morgan fingerprint density at radius 2 is 2.15 bits per heavy atom. The molecule has 0 saturated carbocycles. The van der Waals surface area contributed by atoms with Crippen LogP contribution in [0.15, 0.2) is 18.2 Å². The summed E-state index contributed by atoms with van der Waals surface area (Å²) in [5, 5.41) is 3.33. The molecule has 110 valence electrons. The molecule has 0 aromatic heterocycles. The summed E-state index contributed by atoms with van der Waals surface area (Å²) in [4.78, 5) is 13.8. The van der Waals surface area contributed by atoms with Crippen LogP contribution in [0, 0.1) is 6.92 Å².